The molecule has 0 radical (unpaired) electrons. The van der Waals surface area contributed by atoms with Crippen molar-refractivity contribution in [2.75, 3.05) is 6.54 Å². The molecule has 2 heterocycles. The molecule has 0 saturated heterocycles. The maximum atomic E-state index is 13.4. The lowest BCUT2D eigenvalue weighted by atomic mass is 10.1. The van der Waals surface area contributed by atoms with Crippen LogP contribution in [0.25, 0.3) is 16.7 Å². The van der Waals surface area contributed by atoms with Crippen LogP contribution in [-0.4, -0.2) is 31.6 Å². The summed E-state index contributed by atoms with van der Waals surface area (Å²) in [5, 5.41) is 13.6. The largest absolute Gasteiger partial charge is 0.352 e. The summed E-state index contributed by atoms with van der Waals surface area (Å²) in [6.45, 7) is 9.31. The van der Waals surface area contributed by atoms with Gasteiger partial charge in [0.15, 0.2) is 5.16 Å². The zero-order chi connectivity index (χ0) is 24.4. The molecule has 9 heteroatoms. The second-order valence-corrected chi connectivity index (χ2v) is 10.6. The van der Waals surface area contributed by atoms with Gasteiger partial charge in [-0.25, -0.2) is 0 Å². The monoisotopic (exact) mass is 497 g/mol. The number of amides is 1. The highest BCUT2D eigenvalue weighted by Gasteiger charge is 2.19. The van der Waals surface area contributed by atoms with E-state index in [0.717, 1.165) is 5.56 Å². The Labute approximate surface area is 207 Å². The number of nitrogens with one attached hydrogen (secondary N) is 1. The first kappa shape index (κ1) is 24.3. The Kier molecular flexibility index (Phi) is 7.28. The second-order valence-electron chi connectivity index (χ2n) is 9.18. The molecular weight excluding hydrogens is 470 g/mol. The van der Waals surface area contributed by atoms with Crippen LogP contribution in [0.5, 0.6) is 0 Å². The number of carbonyl (C=O) groups is 1. The van der Waals surface area contributed by atoms with Crippen molar-refractivity contribution in [1.82, 2.24) is 24.5 Å². The van der Waals surface area contributed by atoms with Crippen LogP contribution in [0, 0.1) is 11.8 Å². The van der Waals surface area contributed by atoms with Gasteiger partial charge in [-0.15, -0.1) is 10.2 Å². The lowest BCUT2D eigenvalue weighted by Gasteiger charge is -2.14. The van der Waals surface area contributed by atoms with Crippen LogP contribution in [0.4, 0.5) is 0 Å². The van der Waals surface area contributed by atoms with E-state index in [2.05, 4.69) is 29.4 Å². The van der Waals surface area contributed by atoms with E-state index in [4.69, 9.17) is 11.6 Å². The van der Waals surface area contributed by atoms with Crippen molar-refractivity contribution in [1.29, 1.82) is 0 Å². The van der Waals surface area contributed by atoms with E-state index in [1.54, 1.807) is 22.8 Å². The van der Waals surface area contributed by atoms with Crippen LogP contribution < -0.4 is 10.9 Å². The highest BCUT2D eigenvalue weighted by atomic mass is 35.5. The van der Waals surface area contributed by atoms with Gasteiger partial charge in [-0.05, 0) is 47.7 Å². The topological polar surface area (TPSA) is 81.3 Å². The van der Waals surface area contributed by atoms with Crippen LogP contribution >= 0.6 is 23.4 Å². The van der Waals surface area contributed by atoms with E-state index < -0.39 is 0 Å². The molecule has 0 bridgehead atoms. The molecule has 2 aromatic carbocycles. The fraction of sp³-hybridized carbons (Fsp3) is 0.360. The maximum absolute atomic E-state index is 13.4. The highest BCUT2D eigenvalue weighted by molar-refractivity contribution is 7.98. The molecule has 178 valence electrons. The standard InChI is InChI=1S/C25H28ClN5O2S/c1-15(2)12-27-22(32)18-7-10-20-21(11-18)31-24(30(23(20)33)13-16(3)4)28-29-25(31)34-14-17-5-8-19(26)9-6-17/h5-11,15-16H,12-14H2,1-4H3,(H,27,32). The minimum atomic E-state index is -0.168. The average Bonchev–Trinajstić information content (AvgIpc) is 3.23. The van der Waals surface area contributed by atoms with Gasteiger partial charge in [0.2, 0.25) is 5.78 Å². The van der Waals surface area contributed by atoms with Crippen molar-refractivity contribution in [3.63, 3.8) is 0 Å². The molecule has 0 spiro atoms. The SMILES string of the molecule is CC(C)CNC(=O)c1ccc2c(=O)n(CC(C)C)c3nnc(SCc4ccc(Cl)cc4)n3c2c1. The predicted octanol–water partition coefficient (Wildman–Crippen LogP) is 5.03. The van der Waals surface area contributed by atoms with Crippen molar-refractivity contribution in [3.05, 3.63) is 69.0 Å². The molecule has 0 atom stereocenters. The summed E-state index contributed by atoms with van der Waals surface area (Å²) >= 11 is 7.53. The maximum Gasteiger partial charge on any atom is 0.262 e. The van der Waals surface area contributed by atoms with Crippen molar-refractivity contribution >= 4 is 46.0 Å². The first-order valence-electron chi connectivity index (χ1n) is 11.3. The van der Waals surface area contributed by atoms with Gasteiger partial charge in [0.1, 0.15) is 0 Å². The van der Waals surface area contributed by atoms with E-state index in [0.29, 0.717) is 57.2 Å². The molecule has 0 aliphatic rings. The Balaban J connectivity index is 1.83. The number of carbonyl (C=O) groups excluding carboxylic acids is 1. The van der Waals surface area contributed by atoms with E-state index in [1.165, 1.54) is 11.8 Å². The quantitative estimate of drug-likeness (QED) is 0.345. The predicted molar refractivity (Wildman–Crippen MR) is 138 cm³/mol. The third-order valence-electron chi connectivity index (χ3n) is 5.33. The van der Waals surface area contributed by atoms with E-state index >= 15 is 0 Å². The summed E-state index contributed by atoms with van der Waals surface area (Å²) in [5.41, 5.74) is 2.09. The number of halogens is 1. The third kappa shape index (κ3) is 5.13. The molecule has 4 rings (SSSR count). The van der Waals surface area contributed by atoms with Gasteiger partial charge in [0.25, 0.3) is 11.5 Å². The molecule has 0 unspecified atom stereocenters. The molecule has 1 N–H and O–H groups in total. The number of thioether (sulfide) groups is 1. The molecule has 0 aliphatic heterocycles. The van der Waals surface area contributed by atoms with Crippen molar-refractivity contribution in [3.8, 4) is 0 Å². The van der Waals surface area contributed by atoms with Gasteiger partial charge in [-0.1, -0.05) is 63.2 Å². The molecule has 4 aromatic rings. The van der Waals surface area contributed by atoms with E-state index in [-0.39, 0.29) is 17.4 Å². The van der Waals surface area contributed by atoms with Gasteiger partial charge >= 0.3 is 0 Å². The molecule has 2 aromatic heterocycles. The van der Waals surface area contributed by atoms with Crippen molar-refractivity contribution in [2.24, 2.45) is 11.8 Å². The normalized spacial score (nSPS) is 11.7. The summed E-state index contributed by atoms with van der Waals surface area (Å²) in [4.78, 5) is 26.1. The molecule has 34 heavy (non-hydrogen) atoms. The number of aromatic nitrogens is 4. The summed E-state index contributed by atoms with van der Waals surface area (Å²) in [6.07, 6.45) is 0. The zero-order valence-corrected chi connectivity index (χ0v) is 21.3. The summed E-state index contributed by atoms with van der Waals surface area (Å²) < 4.78 is 3.56. The summed E-state index contributed by atoms with van der Waals surface area (Å²) in [6, 6.07) is 12.9. The number of benzene rings is 2. The van der Waals surface area contributed by atoms with Gasteiger partial charge in [-0.2, -0.15) is 0 Å². The molecule has 1 amide bonds. The van der Waals surface area contributed by atoms with Gasteiger partial charge in [0, 0.05) is 29.4 Å². The Morgan fingerprint density at radius 3 is 2.47 bits per heavy atom. The van der Waals surface area contributed by atoms with Crippen molar-refractivity contribution in [2.45, 2.75) is 45.1 Å². The molecular formula is C25H28ClN5O2S. The lowest BCUT2D eigenvalue weighted by Crippen LogP contribution is -2.28. The first-order valence-corrected chi connectivity index (χ1v) is 12.7. The van der Waals surface area contributed by atoms with Gasteiger partial charge in [0.05, 0.1) is 10.9 Å². The molecule has 0 fully saturated rings. The van der Waals surface area contributed by atoms with Crippen LogP contribution in [0.15, 0.2) is 52.4 Å². The molecule has 0 aliphatic carbocycles. The van der Waals surface area contributed by atoms with Gasteiger partial charge in [-0.3, -0.25) is 18.6 Å². The minimum absolute atomic E-state index is 0.132. The smallest absolute Gasteiger partial charge is 0.262 e. The number of hydrogen-bond donors (Lipinski definition) is 1. The van der Waals surface area contributed by atoms with Crippen LogP contribution in [-0.2, 0) is 12.3 Å². The Morgan fingerprint density at radius 2 is 1.79 bits per heavy atom. The van der Waals surface area contributed by atoms with E-state index in [9.17, 15) is 9.59 Å². The molecule has 7 nitrogen and oxygen atoms in total. The number of rotatable bonds is 8. The third-order valence-corrected chi connectivity index (χ3v) is 6.59. The van der Waals surface area contributed by atoms with Crippen LogP contribution in [0.1, 0.15) is 43.6 Å². The highest BCUT2D eigenvalue weighted by Crippen LogP contribution is 2.26. The number of nitrogens with zero attached hydrogens (tertiary/aromatic N) is 4. The Morgan fingerprint density at radius 1 is 1.06 bits per heavy atom. The summed E-state index contributed by atoms with van der Waals surface area (Å²) in [7, 11) is 0. The van der Waals surface area contributed by atoms with E-state index in [1.807, 2.05) is 42.5 Å². The number of fused-ring (bicyclic) bond motifs is 3. The summed E-state index contributed by atoms with van der Waals surface area (Å²) in [5.74, 6) is 1.57. The van der Waals surface area contributed by atoms with Crippen molar-refractivity contribution < 1.29 is 4.79 Å². The Hall–Kier alpha value is -2.84. The minimum Gasteiger partial charge on any atom is -0.352 e. The average molecular weight is 498 g/mol. The fourth-order valence-corrected chi connectivity index (χ4v) is 4.70. The Bertz CT molecular complexity index is 1390. The zero-order valence-electron chi connectivity index (χ0n) is 19.7. The molecule has 0 saturated carbocycles. The number of hydrogen-bond acceptors (Lipinski definition) is 5. The van der Waals surface area contributed by atoms with Crippen LogP contribution in [0.2, 0.25) is 5.02 Å². The lowest BCUT2D eigenvalue weighted by molar-refractivity contribution is 0.0949. The van der Waals surface area contributed by atoms with Crippen LogP contribution in [0.3, 0.4) is 0 Å². The van der Waals surface area contributed by atoms with Gasteiger partial charge < -0.3 is 5.32 Å². The first-order chi connectivity index (χ1) is 16.2. The fourth-order valence-electron chi connectivity index (χ4n) is 3.67. The second kappa shape index (κ2) is 10.2.